The van der Waals surface area contributed by atoms with Crippen molar-refractivity contribution < 1.29 is 15.4 Å². The second-order valence-electron chi connectivity index (χ2n) is 2.61. The van der Waals surface area contributed by atoms with Crippen LogP contribution in [0.3, 0.4) is 0 Å². The molecule has 0 aliphatic rings. The van der Waals surface area contributed by atoms with Gasteiger partial charge in [-0.1, -0.05) is 0 Å². The molecule has 54 valence electrons. The SMILES string of the molecule is CC[N+](C)(C)C.O.[OH-]. The molecule has 0 aliphatic heterocycles. The third-order valence-corrected chi connectivity index (χ3v) is 0.949. The fraction of sp³-hybridized carbons (Fsp3) is 1.00. The van der Waals surface area contributed by atoms with Crippen LogP contribution < -0.4 is 0 Å². The normalized spacial score (nSPS) is 9.00. The summed E-state index contributed by atoms with van der Waals surface area (Å²) in [6.07, 6.45) is 0. The van der Waals surface area contributed by atoms with Gasteiger partial charge in [0.1, 0.15) is 0 Å². The lowest BCUT2D eigenvalue weighted by atomic mass is 10.6. The second kappa shape index (κ2) is 5.03. The van der Waals surface area contributed by atoms with E-state index in [1.807, 2.05) is 0 Å². The maximum absolute atomic E-state index is 2.18. The van der Waals surface area contributed by atoms with Crippen LogP contribution in [0.2, 0.25) is 0 Å². The Morgan fingerprint density at radius 3 is 1.25 bits per heavy atom. The monoisotopic (exact) mass is 123 g/mol. The van der Waals surface area contributed by atoms with Crippen LogP contribution in [0, 0.1) is 0 Å². The van der Waals surface area contributed by atoms with Gasteiger partial charge in [0.15, 0.2) is 0 Å². The summed E-state index contributed by atoms with van der Waals surface area (Å²) in [6, 6.07) is 0. The molecular formula is C5H17NO2. The summed E-state index contributed by atoms with van der Waals surface area (Å²) in [5.41, 5.74) is 0. The lowest BCUT2D eigenvalue weighted by Gasteiger charge is -2.20. The third-order valence-electron chi connectivity index (χ3n) is 0.949. The highest BCUT2D eigenvalue weighted by Crippen LogP contribution is 1.83. The van der Waals surface area contributed by atoms with Gasteiger partial charge in [0.2, 0.25) is 0 Å². The van der Waals surface area contributed by atoms with Crippen molar-refractivity contribution in [3.8, 4) is 0 Å². The fourth-order valence-corrected chi connectivity index (χ4v) is 0. The standard InChI is InChI=1S/C5H14N.2H2O/c1-5-6(2,3)4;;/h5H2,1-4H3;2*1H2/q+1;;/p-1. The van der Waals surface area contributed by atoms with Crippen molar-refractivity contribution in [1.82, 2.24) is 0 Å². The van der Waals surface area contributed by atoms with E-state index in [0.717, 1.165) is 4.48 Å². The summed E-state index contributed by atoms with van der Waals surface area (Å²) in [5.74, 6) is 0. The molecule has 8 heavy (non-hydrogen) atoms. The van der Waals surface area contributed by atoms with Crippen LogP contribution >= 0.6 is 0 Å². The molecule has 0 radical (unpaired) electrons. The van der Waals surface area contributed by atoms with Crippen LogP contribution in [-0.4, -0.2) is 43.1 Å². The Kier molecular flexibility index (Phi) is 9.84. The van der Waals surface area contributed by atoms with E-state index in [0.29, 0.717) is 0 Å². The molecule has 0 aromatic carbocycles. The number of nitrogens with zero attached hydrogens (tertiary/aromatic N) is 1. The van der Waals surface area contributed by atoms with Crippen molar-refractivity contribution in [3.05, 3.63) is 0 Å². The molecule has 0 amide bonds. The van der Waals surface area contributed by atoms with E-state index in [4.69, 9.17) is 0 Å². The summed E-state index contributed by atoms with van der Waals surface area (Å²) in [4.78, 5) is 0. The summed E-state index contributed by atoms with van der Waals surface area (Å²) < 4.78 is 1.07. The first-order valence-electron chi connectivity index (χ1n) is 2.36. The average Bonchev–Trinajstić information content (AvgIpc) is 1.35. The van der Waals surface area contributed by atoms with Crippen LogP contribution in [0.15, 0.2) is 0 Å². The van der Waals surface area contributed by atoms with E-state index in [1.54, 1.807) is 0 Å². The smallest absolute Gasteiger partial charge is 0.0751 e. The predicted octanol–water partition coefficient (Wildman–Crippen LogP) is -0.289. The van der Waals surface area contributed by atoms with E-state index in [-0.39, 0.29) is 11.0 Å². The van der Waals surface area contributed by atoms with Gasteiger partial charge in [-0.2, -0.15) is 0 Å². The first-order chi connectivity index (χ1) is 2.56. The first kappa shape index (κ1) is 15.7. The van der Waals surface area contributed by atoms with Crippen LogP contribution in [-0.2, 0) is 0 Å². The van der Waals surface area contributed by atoms with Crippen LogP contribution in [0.5, 0.6) is 0 Å². The number of hydrogen-bond acceptors (Lipinski definition) is 1. The summed E-state index contributed by atoms with van der Waals surface area (Å²) in [5, 5.41) is 0. The highest BCUT2D eigenvalue weighted by molar-refractivity contribution is 4.06. The van der Waals surface area contributed by atoms with E-state index >= 15 is 0 Å². The molecule has 0 aromatic heterocycles. The van der Waals surface area contributed by atoms with Gasteiger partial charge in [-0.3, -0.25) is 0 Å². The molecule has 0 saturated heterocycles. The van der Waals surface area contributed by atoms with Crippen molar-refractivity contribution in [2.24, 2.45) is 0 Å². The van der Waals surface area contributed by atoms with Gasteiger partial charge in [-0.15, -0.1) is 0 Å². The molecule has 0 aromatic rings. The third kappa shape index (κ3) is 16.9. The molecule has 0 atom stereocenters. The van der Waals surface area contributed by atoms with Crippen LogP contribution in [0.4, 0.5) is 0 Å². The van der Waals surface area contributed by atoms with Gasteiger partial charge < -0.3 is 15.4 Å². The zero-order chi connectivity index (χ0) is 5.21. The zero-order valence-corrected chi connectivity index (χ0v) is 6.10. The van der Waals surface area contributed by atoms with Gasteiger partial charge in [-0.25, -0.2) is 0 Å². The van der Waals surface area contributed by atoms with Crippen molar-refractivity contribution >= 4 is 0 Å². The molecule has 0 unspecified atom stereocenters. The quantitative estimate of drug-likeness (QED) is 0.442. The number of quaternary nitrogens is 1. The Morgan fingerprint density at radius 1 is 1.12 bits per heavy atom. The molecule has 0 aliphatic carbocycles. The Morgan fingerprint density at radius 2 is 1.25 bits per heavy atom. The van der Waals surface area contributed by atoms with E-state index in [2.05, 4.69) is 28.1 Å². The fourth-order valence-electron chi connectivity index (χ4n) is 0. The van der Waals surface area contributed by atoms with Gasteiger partial charge in [0.05, 0.1) is 27.7 Å². The minimum atomic E-state index is 0. The molecule has 0 rings (SSSR count). The molecule has 0 bridgehead atoms. The molecule has 3 heteroatoms. The Bertz CT molecular complexity index is 40.2. The highest BCUT2D eigenvalue weighted by Gasteiger charge is 1.97. The molecule has 0 fully saturated rings. The van der Waals surface area contributed by atoms with Gasteiger partial charge in [-0.05, 0) is 6.92 Å². The van der Waals surface area contributed by atoms with E-state index < -0.39 is 0 Å². The van der Waals surface area contributed by atoms with Gasteiger partial charge in [0.25, 0.3) is 0 Å². The largest absolute Gasteiger partial charge is 0.870 e. The topological polar surface area (TPSA) is 61.5 Å². The first-order valence-corrected chi connectivity index (χ1v) is 2.36. The molecular weight excluding hydrogens is 106 g/mol. The summed E-state index contributed by atoms with van der Waals surface area (Å²) >= 11 is 0. The van der Waals surface area contributed by atoms with Gasteiger partial charge in [0, 0.05) is 0 Å². The van der Waals surface area contributed by atoms with Crippen molar-refractivity contribution in [2.75, 3.05) is 27.7 Å². The van der Waals surface area contributed by atoms with Crippen LogP contribution in [0.1, 0.15) is 6.92 Å². The van der Waals surface area contributed by atoms with Crippen molar-refractivity contribution in [2.45, 2.75) is 6.92 Å². The number of hydrogen-bond donors (Lipinski definition) is 0. The van der Waals surface area contributed by atoms with Gasteiger partial charge >= 0.3 is 0 Å². The maximum Gasteiger partial charge on any atom is 0.0751 e. The predicted molar refractivity (Wildman–Crippen MR) is 34.1 cm³/mol. The Hall–Kier alpha value is -0.120. The van der Waals surface area contributed by atoms with E-state index in [9.17, 15) is 0 Å². The lowest BCUT2D eigenvalue weighted by Crippen LogP contribution is -2.33. The molecule has 3 nitrogen and oxygen atoms in total. The number of rotatable bonds is 1. The molecule has 3 N–H and O–H groups in total. The Labute approximate surface area is 51.1 Å². The van der Waals surface area contributed by atoms with Crippen LogP contribution in [0.25, 0.3) is 0 Å². The average molecular weight is 123 g/mol. The zero-order valence-electron chi connectivity index (χ0n) is 6.10. The molecule has 0 saturated carbocycles. The summed E-state index contributed by atoms with van der Waals surface area (Å²) in [7, 11) is 6.54. The van der Waals surface area contributed by atoms with E-state index in [1.165, 1.54) is 6.54 Å². The maximum atomic E-state index is 2.18. The van der Waals surface area contributed by atoms with Crippen molar-refractivity contribution in [3.63, 3.8) is 0 Å². The minimum Gasteiger partial charge on any atom is -0.870 e. The second-order valence-corrected chi connectivity index (χ2v) is 2.61. The summed E-state index contributed by atoms with van der Waals surface area (Å²) in [6.45, 7) is 3.39. The molecule has 0 heterocycles. The molecule has 0 spiro atoms. The lowest BCUT2D eigenvalue weighted by molar-refractivity contribution is -0.868. The highest BCUT2D eigenvalue weighted by atomic mass is 16.0. The van der Waals surface area contributed by atoms with Crippen molar-refractivity contribution in [1.29, 1.82) is 0 Å². The minimum absolute atomic E-state index is 0. The Balaban J connectivity index is -0.000000125.